The number of rotatable bonds is 7. The highest BCUT2D eigenvalue weighted by molar-refractivity contribution is 5.94. The zero-order chi connectivity index (χ0) is 23.2. The first-order valence-corrected chi connectivity index (χ1v) is 11.4. The lowest BCUT2D eigenvalue weighted by Crippen LogP contribution is -2.49. The molecule has 1 amide bonds. The maximum atomic E-state index is 12.6. The van der Waals surface area contributed by atoms with E-state index in [-0.39, 0.29) is 30.2 Å². The molecule has 3 aromatic rings. The maximum Gasteiger partial charge on any atom is 0.313 e. The van der Waals surface area contributed by atoms with Crippen LogP contribution < -0.4 is 4.74 Å². The number of hydrogen-bond donors (Lipinski definition) is 0. The van der Waals surface area contributed by atoms with E-state index in [1.807, 2.05) is 78.6 Å². The summed E-state index contributed by atoms with van der Waals surface area (Å²) in [7, 11) is 1.65. The Morgan fingerprint density at radius 1 is 0.912 bits per heavy atom. The Labute approximate surface area is 206 Å². The molecule has 0 saturated carbocycles. The molecule has 1 heterocycles. The molecule has 0 unspecified atom stereocenters. The third-order valence-corrected chi connectivity index (χ3v) is 6.26. The van der Waals surface area contributed by atoms with Crippen molar-refractivity contribution in [2.45, 2.75) is 12.8 Å². The summed E-state index contributed by atoms with van der Waals surface area (Å²) in [5, 5.41) is 2.14. The number of esters is 1. The van der Waals surface area contributed by atoms with Crippen LogP contribution in [-0.2, 0) is 9.53 Å². The van der Waals surface area contributed by atoms with E-state index in [0.29, 0.717) is 26.2 Å². The van der Waals surface area contributed by atoms with Gasteiger partial charge in [0, 0.05) is 38.3 Å². The van der Waals surface area contributed by atoms with Gasteiger partial charge in [-0.2, -0.15) is 0 Å². The molecular weight excluding hydrogens is 452 g/mol. The minimum absolute atomic E-state index is 0. The van der Waals surface area contributed by atoms with Gasteiger partial charge >= 0.3 is 5.97 Å². The molecule has 1 aliphatic heterocycles. The second-order valence-corrected chi connectivity index (χ2v) is 8.36. The van der Waals surface area contributed by atoms with Crippen LogP contribution in [0.2, 0.25) is 0 Å². The zero-order valence-electron chi connectivity index (χ0n) is 19.6. The number of halogens is 1. The fourth-order valence-corrected chi connectivity index (χ4v) is 4.11. The van der Waals surface area contributed by atoms with Crippen LogP contribution >= 0.6 is 12.4 Å². The van der Waals surface area contributed by atoms with Crippen LogP contribution in [0.1, 0.15) is 28.8 Å². The van der Waals surface area contributed by atoms with Gasteiger partial charge in [-0.25, -0.2) is 0 Å². The first-order chi connectivity index (χ1) is 16.0. The predicted octanol–water partition coefficient (Wildman–Crippen LogP) is 4.37. The van der Waals surface area contributed by atoms with E-state index in [1.165, 1.54) is 0 Å². The fourth-order valence-electron chi connectivity index (χ4n) is 4.11. The minimum Gasteiger partial charge on any atom is -0.497 e. The standard InChI is InChI=1S/C27H30N2O4.ClH/c1-20(22-8-9-24-19-25(32-2)11-10-23(24)18-22)27(31)33-17-16-28-12-14-29(15-13-28)26(30)21-6-4-3-5-7-21;/h3-11,18-20H,12-17H2,1-2H3;1H/t20-;/m0./s1. The number of hydrogen-bond acceptors (Lipinski definition) is 5. The van der Waals surface area contributed by atoms with Gasteiger partial charge in [0.05, 0.1) is 13.0 Å². The van der Waals surface area contributed by atoms with E-state index in [9.17, 15) is 9.59 Å². The smallest absolute Gasteiger partial charge is 0.313 e. The van der Waals surface area contributed by atoms with Crippen LogP contribution in [0.25, 0.3) is 10.8 Å². The summed E-state index contributed by atoms with van der Waals surface area (Å²) in [6.45, 7) is 5.81. The molecule has 7 heteroatoms. The average Bonchev–Trinajstić information content (AvgIpc) is 2.88. The maximum absolute atomic E-state index is 12.6. The van der Waals surface area contributed by atoms with E-state index >= 15 is 0 Å². The van der Waals surface area contributed by atoms with Gasteiger partial charge in [0.1, 0.15) is 12.4 Å². The largest absolute Gasteiger partial charge is 0.497 e. The molecule has 0 N–H and O–H groups in total. The highest BCUT2D eigenvalue weighted by Crippen LogP contribution is 2.25. The molecule has 4 rings (SSSR count). The Kier molecular flexibility index (Phi) is 8.91. The molecule has 1 aliphatic rings. The monoisotopic (exact) mass is 482 g/mol. The van der Waals surface area contributed by atoms with Crippen molar-refractivity contribution in [2.75, 3.05) is 46.4 Å². The van der Waals surface area contributed by atoms with E-state index < -0.39 is 0 Å². The number of amides is 1. The van der Waals surface area contributed by atoms with E-state index in [1.54, 1.807) is 7.11 Å². The Bertz CT molecular complexity index is 1110. The first kappa shape index (κ1) is 25.5. The molecule has 0 bridgehead atoms. The molecule has 6 nitrogen and oxygen atoms in total. The highest BCUT2D eigenvalue weighted by Gasteiger charge is 2.23. The zero-order valence-corrected chi connectivity index (χ0v) is 20.4. The van der Waals surface area contributed by atoms with E-state index in [4.69, 9.17) is 9.47 Å². The molecule has 180 valence electrons. The van der Waals surface area contributed by atoms with Crippen LogP contribution in [0.15, 0.2) is 66.7 Å². The lowest BCUT2D eigenvalue weighted by molar-refractivity contribution is -0.145. The second-order valence-electron chi connectivity index (χ2n) is 8.36. The SMILES string of the molecule is COc1ccc2cc([C@H](C)C(=O)OCCN3CCN(C(=O)c4ccccc4)CC3)ccc2c1.Cl. The van der Waals surface area contributed by atoms with Crippen molar-refractivity contribution < 1.29 is 19.1 Å². The molecule has 34 heavy (non-hydrogen) atoms. The molecule has 1 saturated heterocycles. The van der Waals surface area contributed by atoms with Gasteiger partial charge in [-0.1, -0.05) is 42.5 Å². The fraction of sp³-hybridized carbons (Fsp3) is 0.333. The van der Waals surface area contributed by atoms with Crippen molar-refractivity contribution >= 4 is 35.1 Å². The lowest BCUT2D eigenvalue weighted by Gasteiger charge is -2.34. The number of ether oxygens (including phenoxy) is 2. The average molecular weight is 483 g/mol. The van der Waals surface area contributed by atoms with Crippen LogP contribution in [0.5, 0.6) is 5.75 Å². The van der Waals surface area contributed by atoms with E-state index in [0.717, 1.165) is 40.7 Å². The number of carbonyl (C=O) groups is 2. The number of methoxy groups -OCH3 is 1. The number of nitrogens with zero attached hydrogens (tertiary/aromatic N) is 2. The van der Waals surface area contributed by atoms with Crippen LogP contribution in [0.4, 0.5) is 0 Å². The molecule has 1 fully saturated rings. The van der Waals surface area contributed by atoms with Crippen LogP contribution in [-0.4, -0.2) is 68.1 Å². The lowest BCUT2D eigenvalue weighted by atomic mass is 9.98. The predicted molar refractivity (Wildman–Crippen MR) is 136 cm³/mol. The second kappa shape index (κ2) is 11.9. The summed E-state index contributed by atoms with van der Waals surface area (Å²) in [6, 6.07) is 21.3. The van der Waals surface area contributed by atoms with Crippen molar-refractivity contribution in [2.24, 2.45) is 0 Å². The quantitative estimate of drug-likeness (QED) is 0.468. The Balaban J connectivity index is 0.00000324. The molecule has 0 aromatic heterocycles. The summed E-state index contributed by atoms with van der Waals surface area (Å²) in [4.78, 5) is 29.3. The number of piperazine rings is 1. The normalized spacial score (nSPS) is 14.8. The third kappa shape index (κ3) is 6.07. The summed E-state index contributed by atoms with van der Waals surface area (Å²) in [5.74, 6) is 0.329. The summed E-state index contributed by atoms with van der Waals surface area (Å²) >= 11 is 0. The molecule has 1 atom stereocenters. The highest BCUT2D eigenvalue weighted by atomic mass is 35.5. The van der Waals surface area contributed by atoms with Crippen molar-refractivity contribution in [3.05, 3.63) is 77.9 Å². The van der Waals surface area contributed by atoms with Crippen molar-refractivity contribution in [3.63, 3.8) is 0 Å². The molecule has 3 aromatic carbocycles. The minimum atomic E-state index is -0.336. The van der Waals surface area contributed by atoms with Crippen LogP contribution in [0, 0.1) is 0 Å². The number of fused-ring (bicyclic) bond motifs is 1. The topological polar surface area (TPSA) is 59.1 Å². The molecular formula is C27H31ClN2O4. The summed E-state index contributed by atoms with van der Waals surface area (Å²) < 4.78 is 10.8. The van der Waals surface area contributed by atoms with Gasteiger partial charge in [-0.3, -0.25) is 14.5 Å². The van der Waals surface area contributed by atoms with Gasteiger partial charge in [0.15, 0.2) is 0 Å². The third-order valence-electron chi connectivity index (χ3n) is 6.26. The van der Waals surface area contributed by atoms with E-state index in [2.05, 4.69) is 4.90 Å². The van der Waals surface area contributed by atoms with Crippen molar-refractivity contribution in [1.82, 2.24) is 9.80 Å². The summed E-state index contributed by atoms with van der Waals surface area (Å²) in [5.41, 5.74) is 1.66. The number of benzene rings is 3. The Morgan fingerprint density at radius 3 is 2.29 bits per heavy atom. The van der Waals surface area contributed by atoms with Gasteiger partial charge in [0.2, 0.25) is 0 Å². The molecule has 0 spiro atoms. The van der Waals surface area contributed by atoms with Crippen LogP contribution in [0.3, 0.4) is 0 Å². The van der Waals surface area contributed by atoms with Gasteiger partial charge in [-0.05, 0) is 47.5 Å². The van der Waals surface area contributed by atoms with Gasteiger partial charge in [-0.15, -0.1) is 12.4 Å². The number of carbonyl (C=O) groups excluding carboxylic acids is 2. The van der Waals surface area contributed by atoms with Gasteiger partial charge < -0.3 is 14.4 Å². The van der Waals surface area contributed by atoms with Gasteiger partial charge in [0.25, 0.3) is 5.91 Å². The Hall–Kier alpha value is -3.09. The van der Waals surface area contributed by atoms with Crippen molar-refractivity contribution in [1.29, 1.82) is 0 Å². The first-order valence-electron chi connectivity index (χ1n) is 11.4. The Morgan fingerprint density at radius 2 is 1.59 bits per heavy atom. The molecule has 0 radical (unpaired) electrons. The van der Waals surface area contributed by atoms with Crippen molar-refractivity contribution in [3.8, 4) is 5.75 Å². The molecule has 0 aliphatic carbocycles. The summed E-state index contributed by atoms with van der Waals surface area (Å²) in [6.07, 6.45) is 0.